The number of ketones is 1. The lowest BCUT2D eigenvalue weighted by Crippen LogP contribution is -2.26. The maximum Gasteiger partial charge on any atom is 0.348 e. The fourth-order valence-corrected chi connectivity index (χ4v) is 2.60. The zero-order chi connectivity index (χ0) is 16.5. The summed E-state index contributed by atoms with van der Waals surface area (Å²) in [5.74, 6) is -0.765. The zero-order valence-electron chi connectivity index (χ0n) is 12.4. The quantitative estimate of drug-likeness (QED) is 0.488. The van der Waals surface area contributed by atoms with Crippen molar-refractivity contribution in [1.29, 1.82) is 0 Å². The highest BCUT2D eigenvalue weighted by atomic mass is 32.1. The molecule has 1 aromatic heterocycles. The largest absolute Gasteiger partial charge is 0.453 e. The first-order valence-corrected chi connectivity index (χ1v) is 7.38. The van der Waals surface area contributed by atoms with E-state index in [0.717, 1.165) is 4.70 Å². The Kier molecular flexibility index (Phi) is 4.27. The topological polar surface area (TPSA) is 86.5 Å². The number of Topliss-reactive ketones (excluding diaryl/α,β-unsaturated/α-hetero) is 1. The minimum Gasteiger partial charge on any atom is -0.453 e. The lowest BCUT2D eigenvalue weighted by molar-refractivity contribution is -0.384. The number of hydrogen-bond donors (Lipinski definition) is 0. The third kappa shape index (κ3) is 3.48. The first kappa shape index (κ1) is 16.1. The number of rotatable bonds is 4. The monoisotopic (exact) mass is 321 g/mol. The summed E-state index contributed by atoms with van der Waals surface area (Å²) in [6.07, 6.45) is 0. The smallest absolute Gasteiger partial charge is 0.348 e. The maximum atomic E-state index is 12.0. The molecule has 116 valence electrons. The highest BCUT2D eigenvalue weighted by Crippen LogP contribution is 2.29. The molecule has 2 aromatic rings. The number of fused-ring (bicyclic) bond motifs is 1. The van der Waals surface area contributed by atoms with Gasteiger partial charge in [0.15, 0.2) is 12.4 Å². The van der Waals surface area contributed by atoms with E-state index in [0.29, 0.717) is 10.3 Å². The van der Waals surface area contributed by atoms with Gasteiger partial charge in [0.1, 0.15) is 4.88 Å². The van der Waals surface area contributed by atoms with Crippen molar-refractivity contribution in [1.82, 2.24) is 0 Å². The number of esters is 1. The van der Waals surface area contributed by atoms with E-state index in [1.54, 1.807) is 26.8 Å². The van der Waals surface area contributed by atoms with E-state index in [1.807, 2.05) is 0 Å². The summed E-state index contributed by atoms with van der Waals surface area (Å²) in [7, 11) is 0. The van der Waals surface area contributed by atoms with Crippen molar-refractivity contribution >= 4 is 38.9 Å². The van der Waals surface area contributed by atoms with Gasteiger partial charge >= 0.3 is 5.97 Å². The van der Waals surface area contributed by atoms with Crippen LogP contribution in [0.25, 0.3) is 10.1 Å². The third-order valence-corrected chi connectivity index (χ3v) is 4.18. The molecule has 0 aliphatic heterocycles. The van der Waals surface area contributed by atoms with Crippen molar-refractivity contribution in [3.05, 3.63) is 39.3 Å². The van der Waals surface area contributed by atoms with Crippen molar-refractivity contribution in [2.45, 2.75) is 20.8 Å². The molecule has 0 aliphatic rings. The minimum atomic E-state index is -0.596. The average molecular weight is 321 g/mol. The molecule has 22 heavy (non-hydrogen) atoms. The standard InChI is InChI=1S/C15H15NO5S/c1-15(2,3)13(17)8-21-14(18)12-7-9-6-10(16(19)20)4-5-11(9)22-12/h4-7H,8H2,1-3H3. The molecule has 0 saturated carbocycles. The van der Waals surface area contributed by atoms with Gasteiger partial charge in [-0.1, -0.05) is 20.8 Å². The number of carbonyl (C=O) groups is 2. The van der Waals surface area contributed by atoms with Crippen molar-refractivity contribution in [3.8, 4) is 0 Å². The maximum absolute atomic E-state index is 12.0. The van der Waals surface area contributed by atoms with Crippen LogP contribution in [-0.4, -0.2) is 23.3 Å². The second-order valence-electron chi connectivity index (χ2n) is 5.84. The molecule has 0 radical (unpaired) electrons. The number of hydrogen-bond acceptors (Lipinski definition) is 6. The first-order chi connectivity index (χ1) is 10.2. The first-order valence-electron chi connectivity index (χ1n) is 6.57. The SMILES string of the molecule is CC(C)(C)C(=O)COC(=O)c1cc2cc([N+](=O)[O-])ccc2s1. The highest BCUT2D eigenvalue weighted by Gasteiger charge is 2.23. The Morgan fingerprint density at radius 3 is 2.55 bits per heavy atom. The Morgan fingerprint density at radius 1 is 1.27 bits per heavy atom. The molecule has 7 heteroatoms. The second kappa shape index (κ2) is 5.84. The van der Waals surface area contributed by atoms with Gasteiger partial charge in [-0.25, -0.2) is 4.79 Å². The lowest BCUT2D eigenvalue weighted by atomic mass is 9.91. The van der Waals surface area contributed by atoms with Gasteiger partial charge in [-0.15, -0.1) is 11.3 Å². The van der Waals surface area contributed by atoms with Crippen molar-refractivity contribution in [3.63, 3.8) is 0 Å². The summed E-state index contributed by atoms with van der Waals surface area (Å²) >= 11 is 1.18. The fourth-order valence-electron chi connectivity index (χ4n) is 1.66. The number of non-ortho nitro benzene ring substituents is 1. The molecule has 0 spiro atoms. The average Bonchev–Trinajstić information content (AvgIpc) is 2.85. The predicted octanol–water partition coefficient (Wildman–Crippen LogP) is 3.58. The molecule has 0 aliphatic carbocycles. The van der Waals surface area contributed by atoms with Gasteiger partial charge in [0, 0.05) is 27.6 Å². The van der Waals surface area contributed by atoms with Crippen LogP contribution in [0.5, 0.6) is 0 Å². The van der Waals surface area contributed by atoms with Crippen molar-refractivity contribution in [2.24, 2.45) is 5.41 Å². The summed E-state index contributed by atoms with van der Waals surface area (Å²) in [5, 5.41) is 11.3. The lowest BCUT2D eigenvalue weighted by Gasteiger charge is -2.15. The Bertz CT molecular complexity index is 757. The molecule has 1 heterocycles. The minimum absolute atomic E-state index is 0.0341. The molecular weight excluding hydrogens is 306 g/mol. The molecule has 0 fully saturated rings. The Hall–Kier alpha value is -2.28. The van der Waals surface area contributed by atoms with Crippen molar-refractivity contribution < 1.29 is 19.2 Å². The summed E-state index contributed by atoms with van der Waals surface area (Å²) in [4.78, 5) is 34.3. The predicted molar refractivity (Wildman–Crippen MR) is 83.2 cm³/mol. The van der Waals surface area contributed by atoms with Gasteiger partial charge in [-0.2, -0.15) is 0 Å². The van der Waals surface area contributed by atoms with E-state index >= 15 is 0 Å². The zero-order valence-corrected chi connectivity index (χ0v) is 13.2. The summed E-state index contributed by atoms with van der Waals surface area (Å²) in [6, 6.07) is 5.92. The number of benzene rings is 1. The van der Waals surface area contributed by atoms with Crippen LogP contribution in [0.1, 0.15) is 30.4 Å². The molecule has 6 nitrogen and oxygen atoms in total. The number of nitro groups is 1. The van der Waals surface area contributed by atoms with Gasteiger partial charge < -0.3 is 4.74 Å². The molecule has 0 N–H and O–H groups in total. The van der Waals surface area contributed by atoms with E-state index < -0.39 is 16.3 Å². The number of nitrogens with zero attached hydrogens (tertiary/aromatic N) is 1. The molecule has 0 saturated heterocycles. The number of thiophene rings is 1. The van der Waals surface area contributed by atoms with Gasteiger partial charge in [-0.05, 0) is 12.1 Å². The fraction of sp³-hybridized carbons (Fsp3) is 0.333. The van der Waals surface area contributed by atoms with Crippen LogP contribution in [0.2, 0.25) is 0 Å². The normalized spacial score (nSPS) is 11.4. The van der Waals surface area contributed by atoms with Crippen LogP contribution in [-0.2, 0) is 9.53 Å². The van der Waals surface area contributed by atoms with Crippen molar-refractivity contribution in [2.75, 3.05) is 6.61 Å². The number of carbonyl (C=O) groups excluding carboxylic acids is 2. The van der Waals surface area contributed by atoms with Crippen LogP contribution in [0.15, 0.2) is 24.3 Å². The van der Waals surface area contributed by atoms with Gasteiger partial charge in [0.25, 0.3) is 5.69 Å². The summed E-state index contributed by atoms with van der Waals surface area (Å²) in [6.45, 7) is 4.97. The van der Waals surface area contributed by atoms with E-state index in [4.69, 9.17) is 4.74 Å². The van der Waals surface area contributed by atoms with Crippen LogP contribution in [0, 0.1) is 15.5 Å². The number of ether oxygens (including phenoxy) is 1. The van der Waals surface area contributed by atoms with Crippen LogP contribution < -0.4 is 0 Å². The Labute approximate surface area is 130 Å². The van der Waals surface area contributed by atoms with Gasteiger partial charge in [0.2, 0.25) is 0 Å². The molecule has 0 unspecified atom stereocenters. The van der Waals surface area contributed by atoms with E-state index in [-0.39, 0.29) is 18.1 Å². The van der Waals surface area contributed by atoms with Gasteiger partial charge in [0.05, 0.1) is 4.92 Å². The van der Waals surface area contributed by atoms with Crippen LogP contribution in [0.4, 0.5) is 5.69 Å². The number of nitro benzene ring substituents is 1. The molecule has 0 atom stereocenters. The summed E-state index contributed by atoms with van der Waals surface area (Å²) in [5.41, 5.74) is -0.603. The Morgan fingerprint density at radius 2 is 1.95 bits per heavy atom. The summed E-state index contributed by atoms with van der Waals surface area (Å²) < 4.78 is 5.76. The molecular formula is C15H15NO5S. The van der Waals surface area contributed by atoms with Crippen LogP contribution >= 0.6 is 11.3 Å². The molecule has 2 rings (SSSR count). The molecule has 0 bridgehead atoms. The van der Waals surface area contributed by atoms with Gasteiger partial charge in [-0.3, -0.25) is 14.9 Å². The Balaban J connectivity index is 2.15. The van der Waals surface area contributed by atoms with Crippen LogP contribution in [0.3, 0.4) is 0 Å². The molecule has 1 aromatic carbocycles. The highest BCUT2D eigenvalue weighted by molar-refractivity contribution is 7.20. The third-order valence-electron chi connectivity index (χ3n) is 3.08. The van der Waals surface area contributed by atoms with E-state index in [9.17, 15) is 19.7 Å². The van der Waals surface area contributed by atoms with E-state index in [1.165, 1.54) is 29.5 Å². The van der Waals surface area contributed by atoms with E-state index in [2.05, 4.69) is 0 Å². The second-order valence-corrected chi connectivity index (χ2v) is 6.92. The molecule has 0 amide bonds.